The Kier molecular flexibility index (Phi) is 6.23. The van der Waals surface area contributed by atoms with E-state index in [4.69, 9.17) is 11.6 Å². The van der Waals surface area contributed by atoms with E-state index in [9.17, 15) is 18.4 Å². The first-order valence-electron chi connectivity index (χ1n) is 7.22. The van der Waals surface area contributed by atoms with Gasteiger partial charge < -0.3 is 17.0 Å². The molecule has 5 nitrogen and oxygen atoms in total. The van der Waals surface area contributed by atoms with E-state index in [0.29, 0.717) is 18.3 Å². The van der Waals surface area contributed by atoms with Gasteiger partial charge in [-0.3, -0.25) is 5.01 Å². The second-order valence-electron chi connectivity index (χ2n) is 5.35. The average molecular weight is 447 g/mol. The molecule has 0 bridgehead atoms. The highest BCUT2D eigenvalue weighted by Gasteiger charge is 2.33. The van der Waals surface area contributed by atoms with Crippen LogP contribution in [0.25, 0.3) is 0 Å². The van der Waals surface area contributed by atoms with Gasteiger partial charge in [0.2, 0.25) is 0 Å². The van der Waals surface area contributed by atoms with E-state index in [-0.39, 0.29) is 33.9 Å². The van der Waals surface area contributed by atoms with E-state index < -0.39 is 11.7 Å². The zero-order valence-electron chi connectivity index (χ0n) is 13.1. The third-order valence-corrected chi connectivity index (χ3v) is 3.89. The van der Waals surface area contributed by atoms with Crippen LogP contribution in [0.3, 0.4) is 0 Å². The summed E-state index contributed by atoms with van der Waals surface area (Å²) in [7, 11) is 0. The molecular formula is C16H12BrClF3N5. The molecule has 0 saturated heterocycles. The Hall–Kier alpha value is -2.15. The Bertz CT molecular complexity index is 851. The van der Waals surface area contributed by atoms with Crippen molar-refractivity contribution in [3.8, 4) is 6.07 Å². The van der Waals surface area contributed by atoms with Crippen LogP contribution in [-0.4, -0.2) is 11.0 Å². The van der Waals surface area contributed by atoms with Crippen LogP contribution in [0.2, 0.25) is 5.02 Å². The first-order chi connectivity index (χ1) is 11.9. The summed E-state index contributed by atoms with van der Waals surface area (Å²) in [6.45, 7) is 0.467. The van der Waals surface area contributed by atoms with E-state index >= 15 is 0 Å². The van der Waals surface area contributed by atoms with Gasteiger partial charge in [-0.15, -0.1) is 0 Å². The Morgan fingerprint density at radius 3 is 2.58 bits per heavy atom. The Morgan fingerprint density at radius 2 is 2.00 bits per heavy atom. The number of anilines is 1. The van der Waals surface area contributed by atoms with Gasteiger partial charge in [0.25, 0.3) is 0 Å². The molecule has 26 heavy (non-hydrogen) atoms. The number of nitrogens with zero attached hydrogens (tertiary/aromatic N) is 4. The molecule has 1 atom stereocenters. The quantitative estimate of drug-likeness (QED) is 0.666. The highest BCUT2D eigenvalue weighted by molar-refractivity contribution is 6.33. The maximum atomic E-state index is 12.7. The Labute approximate surface area is 163 Å². The Balaban J connectivity index is 0.00000243. The highest BCUT2D eigenvalue weighted by Crippen LogP contribution is 2.34. The summed E-state index contributed by atoms with van der Waals surface area (Å²) < 4.78 is 40.0. The smallest absolute Gasteiger partial charge is 0.417 e. The van der Waals surface area contributed by atoms with Crippen molar-refractivity contribution in [2.24, 2.45) is 0 Å². The van der Waals surface area contributed by atoms with Crippen LogP contribution in [0.15, 0.2) is 54.6 Å². The molecule has 136 valence electrons. The zero-order valence-corrected chi connectivity index (χ0v) is 15.4. The van der Waals surface area contributed by atoms with Crippen molar-refractivity contribution < 1.29 is 34.7 Å². The monoisotopic (exact) mass is 445 g/mol. The molecule has 3 heterocycles. The van der Waals surface area contributed by atoms with Crippen LogP contribution in [0.4, 0.5) is 19.0 Å². The van der Waals surface area contributed by atoms with Crippen LogP contribution >= 0.6 is 11.6 Å². The average Bonchev–Trinajstić information content (AvgIpc) is 2.97. The summed E-state index contributed by atoms with van der Waals surface area (Å²) in [5.41, 5.74) is 2.52. The van der Waals surface area contributed by atoms with Crippen molar-refractivity contribution in [1.82, 2.24) is 10.4 Å². The lowest BCUT2D eigenvalue weighted by molar-refractivity contribution is -0.698. The third-order valence-electron chi connectivity index (χ3n) is 3.62. The lowest BCUT2D eigenvalue weighted by Crippen LogP contribution is -3.00. The second-order valence-corrected chi connectivity index (χ2v) is 5.75. The predicted molar refractivity (Wildman–Crippen MR) is 84.0 cm³/mol. The molecule has 0 radical (unpaired) electrons. The topological polar surface area (TPSA) is 55.8 Å². The molecule has 2 aromatic rings. The highest BCUT2D eigenvalue weighted by atomic mass is 79.9. The van der Waals surface area contributed by atoms with Gasteiger partial charge in [-0.25, -0.2) is 15.0 Å². The fourth-order valence-electron chi connectivity index (χ4n) is 2.40. The molecule has 1 aliphatic rings. The number of alkyl halides is 3. The largest absolute Gasteiger partial charge is 1.00 e. The third kappa shape index (κ3) is 4.33. The predicted octanol–water partition coefficient (Wildman–Crippen LogP) is -0.154. The van der Waals surface area contributed by atoms with Gasteiger partial charge in [0, 0.05) is 24.5 Å². The van der Waals surface area contributed by atoms with Gasteiger partial charge >= 0.3 is 6.18 Å². The number of rotatable bonds is 3. The minimum atomic E-state index is -4.52. The molecule has 0 fully saturated rings. The van der Waals surface area contributed by atoms with Crippen LogP contribution in [-0.2, 0) is 12.7 Å². The molecule has 0 amide bonds. The van der Waals surface area contributed by atoms with Gasteiger partial charge in [-0.2, -0.15) is 18.4 Å². The summed E-state index contributed by atoms with van der Waals surface area (Å²) in [5, 5.41) is 10.5. The molecule has 0 aromatic carbocycles. The van der Waals surface area contributed by atoms with E-state index in [1.807, 2.05) is 35.2 Å². The molecule has 3 rings (SSSR count). The summed E-state index contributed by atoms with van der Waals surface area (Å²) in [6.07, 6.45) is 1.37. The molecule has 1 aliphatic heterocycles. The lowest BCUT2D eigenvalue weighted by atomic mass is 10.1. The van der Waals surface area contributed by atoms with Crippen LogP contribution in [0, 0.1) is 11.3 Å². The first kappa shape index (κ1) is 20.2. The van der Waals surface area contributed by atoms with Gasteiger partial charge in [0.1, 0.15) is 6.04 Å². The van der Waals surface area contributed by atoms with Crippen LogP contribution in [0.5, 0.6) is 0 Å². The maximum Gasteiger partial charge on any atom is 0.417 e. The second kappa shape index (κ2) is 8.03. The van der Waals surface area contributed by atoms with Gasteiger partial charge in [0.15, 0.2) is 24.8 Å². The molecule has 1 N–H and O–H groups in total. The lowest BCUT2D eigenvalue weighted by Gasteiger charge is -2.19. The summed E-state index contributed by atoms with van der Waals surface area (Å²) in [5.74, 6) is 0.1000. The van der Waals surface area contributed by atoms with Crippen molar-refractivity contribution in [3.63, 3.8) is 0 Å². The normalized spacial score (nSPS) is 16.7. The Morgan fingerprint density at radius 1 is 1.31 bits per heavy atom. The number of hydrogen-bond donors (Lipinski definition) is 1. The molecule has 0 spiro atoms. The zero-order chi connectivity index (χ0) is 18.0. The maximum absolute atomic E-state index is 12.7. The van der Waals surface area contributed by atoms with E-state index in [2.05, 4.69) is 16.5 Å². The molecule has 0 aliphatic carbocycles. The molecule has 1 unspecified atom stereocenters. The van der Waals surface area contributed by atoms with Crippen molar-refractivity contribution in [1.29, 1.82) is 5.26 Å². The van der Waals surface area contributed by atoms with E-state index in [1.54, 1.807) is 0 Å². The number of halogens is 5. The summed E-state index contributed by atoms with van der Waals surface area (Å²) in [6, 6.07) is 8.13. The van der Waals surface area contributed by atoms with Crippen molar-refractivity contribution in [3.05, 3.63) is 65.2 Å². The van der Waals surface area contributed by atoms with Crippen molar-refractivity contribution >= 4 is 17.4 Å². The molecule has 10 heteroatoms. The standard InChI is InChI=1S/C16H12ClF3N5.BrH/c17-13-6-12(16(18,19)20)8-22-15(13)25-9-11(7-21)14(23-25)10-24-4-2-1-3-5-24;/h1-6,8-9,14,23H,10H2;1H/q+1;/p-1. The molecular weight excluding hydrogens is 435 g/mol. The van der Waals surface area contributed by atoms with Crippen molar-refractivity contribution in [2.45, 2.75) is 18.8 Å². The van der Waals surface area contributed by atoms with E-state index in [0.717, 1.165) is 6.07 Å². The van der Waals surface area contributed by atoms with E-state index in [1.165, 1.54) is 11.2 Å². The molecule has 0 saturated carbocycles. The van der Waals surface area contributed by atoms with Crippen LogP contribution < -0.4 is 32.0 Å². The molecule has 2 aromatic heterocycles. The first-order valence-corrected chi connectivity index (χ1v) is 7.60. The van der Waals surface area contributed by atoms with Gasteiger partial charge in [0.05, 0.1) is 22.2 Å². The summed E-state index contributed by atoms with van der Waals surface area (Å²) in [4.78, 5) is 3.79. The van der Waals surface area contributed by atoms with Crippen molar-refractivity contribution in [2.75, 3.05) is 5.01 Å². The number of aromatic nitrogens is 2. The minimum absolute atomic E-state index is 0. The van der Waals surface area contributed by atoms with Crippen LogP contribution in [0.1, 0.15) is 5.56 Å². The van der Waals surface area contributed by atoms with Gasteiger partial charge in [-0.1, -0.05) is 17.7 Å². The van der Waals surface area contributed by atoms with Gasteiger partial charge in [-0.05, 0) is 6.07 Å². The minimum Gasteiger partial charge on any atom is -1.00 e. The fourth-order valence-corrected chi connectivity index (χ4v) is 2.66. The number of hydrazine groups is 1. The SMILES string of the molecule is N#CC1=CN(c2ncc(C(F)(F)F)cc2Cl)NC1C[n+]1ccccc1.[Br-]. The summed E-state index contributed by atoms with van der Waals surface area (Å²) >= 11 is 5.95. The number of nitrogens with one attached hydrogen (secondary N) is 1. The number of nitriles is 1. The fraction of sp³-hybridized carbons (Fsp3) is 0.188. The number of hydrogen-bond acceptors (Lipinski definition) is 4. The number of pyridine rings is 2.